The van der Waals surface area contributed by atoms with Gasteiger partial charge in [-0.15, -0.1) is 5.10 Å². The van der Waals surface area contributed by atoms with Crippen molar-refractivity contribution in [2.75, 3.05) is 12.9 Å². The minimum absolute atomic E-state index is 0.0229. The van der Waals surface area contributed by atoms with Gasteiger partial charge in [0.05, 0.1) is 25.9 Å². The van der Waals surface area contributed by atoms with Gasteiger partial charge in [0.2, 0.25) is 5.16 Å². The molecule has 1 aliphatic heterocycles. The third kappa shape index (κ3) is 8.88. The van der Waals surface area contributed by atoms with Gasteiger partial charge < -0.3 is 30.0 Å². The molecule has 4 atom stereocenters. The third-order valence-corrected chi connectivity index (χ3v) is 8.52. The summed E-state index contributed by atoms with van der Waals surface area (Å²) in [6, 6.07) is 23.5. The molecule has 236 valence electrons. The smallest absolute Gasteiger partial charge is 0.328 e. The Balaban J connectivity index is 1.21. The molecule has 2 heterocycles. The average Bonchev–Trinajstić information content (AvgIpc) is 3.50. The number of ether oxygens (including phenoxy) is 3. The quantitative estimate of drug-likeness (QED) is 0.156. The number of methoxy groups -OCH3 is 1. The Hall–Kier alpha value is -4.30. The van der Waals surface area contributed by atoms with Crippen molar-refractivity contribution in [1.82, 2.24) is 30.8 Å². The monoisotopic (exact) mass is 632 g/mol. The second kappa shape index (κ2) is 15.6. The molecule has 2 amide bonds. The predicted molar refractivity (Wildman–Crippen MR) is 166 cm³/mol. The number of esters is 1. The van der Waals surface area contributed by atoms with Crippen LogP contribution >= 0.6 is 11.8 Å². The van der Waals surface area contributed by atoms with Crippen molar-refractivity contribution < 1.29 is 28.9 Å². The molecule has 1 saturated heterocycles. The molecule has 0 bridgehead atoms. The average molecular weight is 633 g/mol. The Kier molecular flexibility index (Phi) is 11.1. The summed E-state index contributed by atoms with van der Waals surface area (Å²) in [5.41, 5.74) is 4.44. The van der Waals surface area contributed by atoms with Gasteiger partial charge in [0.15, 0.2) is 6.29 Å². The molecule has 12 nitrogen and oxygen atoms in total. The van der Waals surface area contributed by atoms with Crippen molar-refractivity contribution in [2.45, 2.75) is 55.7 Å². The van der Waals surface area contributed by atoms with Crippen LogP contribution in [0.5, 0.6) is 0 Å². The number of hydrogen-bond donors (Lipinski definition) is 3. The summed E-state index contributed by atoms with van der Waals surface area (Å²) >= 11 is 1.52. The molecular weight excluding hydrogens is 596 g/mol. The predicted octanol–water partition coefficient (Wildman–Crippen LogP) is 3.62. The first kappa shape index (κ1) is 32.1. The fraction of sp³-hybridized carbons (Fsp3) is 0.344. The van der Waals surface area contributed by atoms with Gasteiger partial charge in [-0.2, -0.15) is 0 Å². The Labute approximate surface area is 265 Å². The second-order valence-corrected chi connectivity index (χ2v) is 11.6. The molecule has 1 fully saturated rings. The highest BCUT2D eigenvalue weighted by atomic mass is 32.2. The zero-order chi connectivity index (χ0) is 31.6. The number of amides is 2. The first-order valence-electron chi connectivity index (χ1n) is 14.5. The van der Waals surface area contributed by atoms with E-state index in [4.69, 9.17) is 14.2 Å². The summed E-state index contributed by atoms with van der Waals surface area (Å²) < 4.78 is 19.3. The number of aliphatic hydroxyl groups is 1. The van der Waals surface area contributed by atoms with Crippen molar-refractivity contribution in [2.24, 2.45) is 7.05 Å². The second-order valence-electron chi connectivity index (χ2n) is 10.6. The van der Waals surface area contributed by atoms with E-state index in [9.17, 15) is 14.7 Å². The molecule has 4 aromatic rings. The van der Waals surface area contributed by atoms with Crippen LogP contribution in [-0.2, 0) is 45.6 Å². The summed E-state index contributed by atoms with van der Waals surface area (Å²) in [6.07, 6.45) is -0.0200. The molecule has 0 aliphatic carbocycles. The Bertz CT molecular complexity index is 1540. The summed E-state index contributed by atoms with van der Waals surface area (Å²) in [4.78, 5) is 25.0. The van der Waals surface area contributed by atoms with Gasteiger partial charge in [0, 0.05) is 37.8 Å². The highest BCUT2D eigenvalue weighted by Gasteiger charge is 2.32. The molecule has 0 spiro atoms. The highest BCUT2D eigenvalue weighted by molar-refractivity contribution is 7.99. The van der Waals surface area contributed by atoms with Gasteiger partial charge in [-0.3, -0.25) is 0 Å². The number of nitrogens with one attached hydrogen (secondary N) is 2. The summed E-state index contributed by atoms with van der Waals surface area (Å²) in [5.74, 6) is 0.117. The maximum atomic E-state index is 12.7. The van der Waals surface area contributed by atoms with Crippen LogP contribution in [0.2, 0.25) is 0 Å². The summed E-state index contributed by atoms with van der Waals surface area (Å²) in [7, 11) is 3.09. The van der Waals surface area contributed by atoms with Gasteiger partial charge in [0.25, 0.3) is 0 Å². The molecule has 45 heavy (non-hydrogen) atoms. The summed E-state index contributed by atoms with van der Waals surface area (Å²) in [5, 5.41) is 27.3. The normalized spacial score (nSPS) is 18.6. The van der Waals surface area contributed by atoms with Crippen LogP contribution in [0.1, 0.15) is 46.6 Å². The molecule has 1 aliphatic rings. The van der Waals surface area contributed by atoms with Gasteiger partial charge in [-0.05, 0) is 32.7 Å². The topological polar surface area (TPSA) is 150 Å². The zero-order valence-corrected chi connectivity index (χ0v) is 25.9. The lowest BCUT2D eigenvalue weighted by atomic mass is 10.0. The van der Waals surface area contributed by atoms with Gasteiger partial charge >= 0.3 is 12.0 Å². The van der Waals surface area contributed by atoms with Crippen LogP contribution in [0.4, 0.5) is 4.79 Å². The minimum atomic E-state index is -0.816. The number of urea groups is 1. The lowest BCUT2D eigenvalue weighted by Crippen LogP contribution is -2.47. The lowest BCUT2D eigenvalue weighted by molar-refractivity contribution is -0.245. The number of carbonyl (C=O) groups excluding carboxylic acids is 2. The van der Waals surface area contributed by atoms with E-state index in [2.05, 4.69) is 26.2 Å². The van der Waals surface area contributed by atoms with Gasteiger partial charge in [-0.1, -0.05) is 90.6 Å². The maximum absolute atomic E-state index is 12.7. The standard InChI is InChI=1S/C32H36N6O6S/c1-38-32(35-36-37-38)45-20-26-17-28(24-12-10-23(19-39)11-13-24)44-30(43-26)25-14-8-22(9-15-25)18-33-31(41)34-27(29(40)42-2)16-21-6-4-3-5-7-21/h3-15,26-28,30,39H,16-20H2,1-2H3,(H2,33,34,41)/t26-,27-,28+,30+/m0/s1. The third-order valence-electron chi connectivity index (χ3n) is 7.37. The number of nitrogens with zero attached hydrogens (tertiary/aromatic N) is 4. The summed E-state index contributed by atoms with van der Waals surface area (Å²) in [6.45, 7) is 0.230. The number of benzene rings is 3. The van der Waals surface area contributed by atoms with Gasteiger partial charge in [-0.25, -0.2) is 14.3 Å². The molecule has 0 radical (unpaired) electrons. The van der Waals surface area contributed by atoms with E-state index in [0.717, 1.165) is 27.8 Å². The number of aryl methyl sites for hydroxylation is 1. The van der Waals surface area contributed by atoms with E-state index in [1.54, 1.807) is 11.7 Å². The number of carbonyl (C=O) groups is 2. The molecular formula is C32H36N6O6S. The SMILES string of the molecule is COC(=O)[C@H](Cc1ccccc1)NC(=O)NCc1ccc([C@@H]2O[C@H](CSc3nnnn3C)C[C@H](c3ccc(CO)cc3)O2)cc1. The first-order chi connectivity index (χ1) is 21.9. The van der Waals surface area contributed by atoms with Crippen LogP contribution in [0.3, 0.4) is 0 Å². The van der Waals surface area contributed by atoms with E-state index < -0.39 is 24.3 Å². The number of rotatable bonds is 12. The van der Waals surface area contributed by atoms with Crippen molar-refractivity contribution >= 4 is 23.8 Å². The highest BCUT2D eigenvalue weighted by Crippen LogP contribution is 2.39. The van der Waals surface area contributed by atoms with Crippen LogP contribution in [0.15, 0.2) is 84.0 Å². The Morgan fingerprint density at radius 3 is 2.38 bits per heavy atom. The molecule has 13 heteroatoms. The van der Waals surface area contributed by atoms with E-state index in [1.165, 1.54) is 18.9 Å². The van der Waals surface area contributed by atoms with Crippen molar-refractivity contribution in [3.63, 3.8) is 0 Å². The molecule has 3 N–H and O–H groups in total. The largest absolute Gasteiger partial charge is 0.467 e. The number of tetrazole rings is 1. The van der Waals surface area contributed by atoms with Crippen LogP contribution in [0, 0.1) is 0 Å². The van der Waals surface area contributed by atoms with Crippen LogP contribution in [0.25, 0.3) is 0 Å². The number of hydrogen-bond acceptors (Lipinski definition) is 10. The number of aliphatic hydroxyl groups excluding tert-OH is 1. The van der Waals surface area contributed by atoms with E-state index >= 15 is 0 Å². The molecule has 5 rings (SSSR count). The lowest BCUT2D eigenvalue weighted by Gasteiger charge is -2.36. The Morgan fingerprint density at radius 1 is 1.00 bits per heavy atom. The van der Waals surface area contributed by atoms with E-state index in [-0.39, 0.29) is 25.4 Å². The number of aromatic nitrogens is 4. The molecule has 1 aromatic heterocycles. The van der Waals surface area contributed by atoms with Crippen molar-refractivity contribution in [1.29, 1.82) is 0 Å². The number of thioether (sulfide) groups is 1. The minimum Gasteiger partial charge on any atom is -0.467 e. The molecule has 0 saturated carbocycles. The van der Waals surface area contributed by atoms with Gasteiger partial charge in [0.1, 0.15) is 6.04 Å². The van der Waals surface area contributed by atoms with Crippen LogP contribution in [-0.4, -0.2) is 62.3 Å². The maximum Gasteiger partial charge on any atom is 0.328 e. The van der Waals surface area contributed by atoms with Crippen LogP contribution < -0.4 is 10.6 Å². The fourth-order valence-electron chi connectivity index (χ4n) is 4.90. The zero-order valence-electron chi connectivity index (χ0n) is 25.0. The van der Waals surface area contributed by atoms with E-state index in [0.29, 0.717) is 23.8 Å². The van der Waals surface area contributed by atoms with Crippen molar-refractivity contribution in [3.8, 4) is 0 Å². The molecule has 3 aromatic carbocycles. The van der Waals surface area contributed by atoms with Crippen molar-refractivity contribution in [3.05, 3.63) is 107 Å². The molecule has 0 unspecified atom stereocenters. The fourth-order valence-corrected chi connectivity index (χ4v) is 5.77. The van der Waals surface area contributed by atoms with E-state index in [1.807, 2.05) is 78.9 Å². The Morgan fingerprint density at radius 2 is 1.71 bits per heavy atom. The first-order valence-corrected chi connectivity index (χ1v) is 15.5.